The molecule has 68 valence electrons. The van der Waals surface area contributed by atoms with E-state index in [0.717, 1.165) is 6.42 Å². The molecule has 0 N–H and O–H groups in total. The molecule has 0 saturated heterocycles. The van der Waals surface area contributed by atoms with Crippen LogP contribution in [0.5, 0.6) is 0 Å². The van der Waals surface area contributed by atoms with Crippen LogP contribution in [0.4, 0.5) is 0 Å². The Morgan fingerprint density at radius 3 is 1.85 bits per heavy atom. The molecule has 0 spiro atoms. The van der Waals surface area contributed by atoms with E-state index in [4.69, 9.17) is 0 Å². The molecule has 0 saturated carbocycles. The summed E-state index contributed by atoms with van der Waals surface area (Å²) in [5, 5.41) is 0. The molecule has 0 atom stereocenters. The average Bonchev–Trinajstić information content (AvgIpc) is 2.18. The molecule has 0 heterocycles. The summed E-state index contributed by atoms with van der Waals surface area (Å²) in [6.07, 6.45) is 5.07. The number of rotatable bonds is 3. The second kappa shape index (κ2) is 14.4. The Morgan fingerprint density at radius 2 is 1.69 bits per heavy atom. The van der Waals surface area contributed by atoms with Gasteiger partial charge in [0.05, 0.1) is 0 Å². The van der Waals surface area contributed by atoms with Crippen LogP contribution in [0.15, 0.2) is 30.3 Å². The van der Waals surface area contributed by atoms with E-state index >= 15 is 0 Å². The summed E-state index contributed by atoms with van der Waals surface area (Å²) in [6.45, 7) is 5.93. The Labute approximate surface area is 95.5 Å². The standard InChI is InChI=1S/C6H5.C6H13.Zn/c1-2-4-6-5-3-1;1-3-5-6-4-2;/h1-5H;1,3-6H2,2H3;/q2*-1;+2. The van der Waals surface area contributed by atoms with Gasteiger partial charge in [-0.05, 0) is 0 Å². The van der Waals surface area contributed by atoms with Crippen molar-refractivity contribution in [3.05, 3.63) is 43.3 Å². The first kappa shape index (κ1) is 15.3. The molecule has 1 rings (SSSR count). The summed E-state index contributed by atoms with van der Waals surface area (Å²) in [5.74, 6) is 0. The zero-order valence-corrected chi connectivity index (χ0v) is 11.6. The minimum atomic E-state index is 0. The van der Waals surface area contributed by atoms with Crippen LogP contribution in [0.25, 0.3) is 0 Å². The van der Waals surface area contributed by atoms with Crippen LogP contribution in [0, 0.1) is 13.0 Å². The molecule has 1 aromatic carbocycles. The smallest absolute Gasteiger partial charge is 0.343 e. The zero-order chi connectivity index (χ0) is 9.07. The van der Waals surface area contributed by atoms with Gasteiger partial charge in [0.25, 0.3) is 0 Å². The zero-order valence-electron chi connectivity index (χ0n) is 8.63. The van der Waals surface area contributed by atoms with Crippen molar-refractivity contribution in [1.82, 2.24) is 0 Å². The van der Waals surface area contributed by atoms with E-state index in [2.05, 4.69) is 19.9 Å². The van der Waals surface area contributed by atoms with Gasteiger partial charge in [-0.25, -0.2) is 0 Å². The van der Waals surface area contributed by atoms with Crippen molar-refractivity contribution >= 4 is 0 Å². The Hall–Kier alpha value is -0.157. The fourth-order valence-corrected chi connectivity index (χ4v) is 0.769. The fourth-order valence-electron chi connectivity index (χ4n) is 0.769. The van der Waals surface area contributed by atoms with Gasteiger partial charge in [0.2, 0.25) is 0 Å². The molecule has 0 fully saturated rings. The van der Waals surface area contributed by atoms with Crippen molar-refractivity contribution < 1.29 is 19.5 Å². The van der Waals surface area contributed by atoms with Gasteiger partial charge >= 0.3 is 19.5 Å². The van der Waals surface area contributed by atoms with E-state index in [-0.39, 0.29) is 19.5 Å². The van der Waals surface area contributed by atoms with Crippen LogP contribution < -0.4 is 0 Å². The SMILES string of the molecule is [CH2-]CCCCC.[Zn+2].[c-]1ccccc1. The summed E-state index contributed by atoms with van der Waals surface area (Å²) in [6, 6.07) is 12.5. The number of hydrogen-bond donors (Lipinski definition) is 0. The molecule has 0 aromatic heterocycles. The molecule has 0 nitrogen and oxygen atoms in total. The summed E-state index contributed by atoms with van der Waals surface area (Å²) < 4.78 is 0. The van der Waals surface area contributed by atoms with E-state index in [9.17, 15) is 0 Å². The molecule has 0 aliphatic carbocycles. The van der Waals surface area contributed by atoms with E-state index in [0.29, 0.717) is 0 Å². The van der Waals surface area contributed by atoms with Crippen LogP contribution in [0.1, 0.15) is 32.6 Å². The maximum absolute atomic E-state index is 3.72. The topological polar surface area (TPSA) is 0 Å². The second-order valence-corrected chi connectivity index (χ2v) is 2.64. The molecule has 0 unspecified atom stereocenters. The number of unbranched alkanes of at least 4 members (excludes halogenated alkanes) is 3. The molecule has 0 aliphatic heterocycles. The Morgan fingerprint density at radius 1 is 1.08 bits per heavy atom. The maximum Gasteiger partial charge on any atom is 2.00 e. The van der Waals surface area contributed by atoms with E-state index in [1.807, 2.05) is 30.3 Å². The molecule has 0 aliphatic rings. The second-order valence-electron chi connectivity index (χ2n) is 2.64. The predicted molar refractivity (Wildman–Crippen MR) is 54.8 cm³/mol. The van der Waals surface area contributed by atoms with Gasteiger partial charge in [-0.15, -0.1) is 0 Å². The van der Waals surface area contributed by atoms with Crippen LogP contribution in [0.3, 0.4) is 0 Å². The van der Waals surface area contributed by atoms with E-state index in [1.54, 1.807) is 0 Å². The largest absolute Gasteiger partial charge is 2.00 e. The van der Waals surface area contributed by atoms with Gasteiger partial charge in [0.15, 0.2) is 0 Å². The predicted octanol–water partition coefficient (Wildman–Crippen LogP) is 3.89. The first-order valence-corrected chi connectivity index (χ1v) is 4.62. The van der Waals surface area contributed by atoms with Gasteiger partial charge in [0, 0.05) is 0 Å². The molecule has 0 bridgehead atoms. The molecule has 1 heteroatoms. The first-order chi connectivity index (χ1) is 5.91. The van der Waals surface area contributed by atoms with Crippen molar-refractivity contribution in [3.8, 4) is 0 Å². The minimum absolute atomic E-state index is 0. The molecule has 1 aromatic rings. The maximum atomic E-state index is 3.72. The normalized spacial score (nSPS) is 7.85. The van der Waals surface area contributed by atoms with Crippen LogP contribution in [0.2, 0.25) is 0 Å². The molecular formula is C12H18Zn. The van der Waals surface area contributed by atoms with Crippen LogP contribution >= 0.6 is 0 Å². The Kier molecular flexibility index (Phi) is 16.9. The summed E-state index contributed by atoms with van der Waals surface area (Å²) >= 11 is 0. The Bertz CT molecular complexity index is 118. The third-order valence-electron chi connectivity index (χ3n) is 1.46. The molecule has 0 radical (unpaired) electrons. The average molecular weight is 228 g/mol. The van der Waals surface area contributed by atoms with Crippen LogP contribution in [-0.4, -0.2) is 0 Å². The first-order valence-electron chi connectivity index (χ1n) is 4.62. The monoisotopic (exact) mass is 226 g/mol. The van der Waals surface area contributed by atoms with Gasteiger partial charge in [0.1, 0.15) is 0 Å². The number of hydrogen-bond acceptors (Lipinski definition) is 0. The van der Waals surface area contributed by atoms with Gasteiger partial charge in [-0.1, -0.05) is 26.2 Å². The van der Waals surface area contributed by atoms with Crippen molar-refractivity contribution in [2.45, 2.75) is 32.6 Å². The Balaban J connectivity index is 0. The van der Waals surface area contributed by atoms with Crippen molar-refractivity contribution in [1.29, 1.82) is 0 Å². The summed E-state index contributed by atoms with van der Waals surface area (Å²) in [5.41, 5.74) is 0. The van der Waals surface area contributed by atoms with Gasteiger partial charge in [-0.2, -0.15) is 42.8 Å². The third kappa shape index (κ3) is 14.7. The molecular weight excluding hydrogens is 210 g/mol. The van der Waals surface area contributed by atoms with E-state index < -0.39 is 0 Å². The molecule has 0 amide bonds. The summed E-state index contributed by atoms with van der Waals surface area (Å²) in [4.78, 5) is 0. The van der Waals surface area contributed by atoms with Crippen molar-refractivity contribution in [2.75, 3.05) is 0 Å². The van der Waals surface area contributed by atoms with Gasteiger partial charge in [-0.3, -0.25) is 0 Å². The quantitative estimate of drug-likeness (QED) is 0.418. The summed E-state index contributed by atoms with van der Waals surface area (Å²) in [7, 11) is 0. The molecule has 13 heavy (non-hydrogen) atoms. The number of benzene rings is 1. The van der Waals surface area contributed by atoms with Crippen molar-refractivity contribution in [3.63, 3.8) is 0 Å². The van der Waals surface area contributed by atoms with Crippen molar-refractivity contribution in [2.24, 2.45) is 0 Å². The third-order valence-corrected chi connectivity index (χ3v) is 1.46. The van der Waals surface area contributed by atoms with E-state index in [1.165, 1.54) is 19.3 Å². The fraction of sp³-hybridized carbons (Fsp3) is 0.417. The minimum Gasteiger partial charge on any atom is -0.343 e. The van der Waals surface area contributed by atoms with Gasteiger partial charge < -0.3 is 6.92 Å². The van der Waals surface area contributed by atoms with Crippen LogP contribution in [-0.2, 0) is 19.5 Å².